The molecule has 2 N–H and O–H groups in total. The number of nitrogens with one attached hydrogen (secondary N) is 2. The standard InChI is InChI=1S/C14H17N5O2S/c1-10(20)15-17-13(21)9-22-14-18-16-12(19(14)2)8-11-6-4-3-5-7-11/h3-7H,8-9H2,1-2H3,(H,15,20)(H,17,21). The summed E-state index contributed by atoms with van der Waals surface area (Å²) in [5, 5.41) is 8.90. The fraction of sp³-hybridized carbons (Fsp3) is 0.286. The van der Waals surface area contributed by atoms with Crippen LogP contribution in [0.4, 0.5) is 0 Å². The van der Waals surface area contributed by atoms with Gasteiger partial charge in [0.2, 0.25) is 11.8 Å². The maximum Gasteiger partial charge on any atom is 0.248 e. The van der Waals surface area contributed by atoms with Gasteiger partial charge in [-0.1, -0.05) is 42.1 Å². The van der Waals surface area contributed by atoms with Crippen LogP contribution in [0.15, 0.2) is 35.5 Å². The van der Waals surface area contributed by atoms with Crippen molar-refractivity contribution in [3.8, 4) is 0 Å². The fourth-order valence-corrected chi connectivity index (χ4v) is 2.46. The van der Waals surface area contributed by atoms with Crippen molar-refractivity contribution in [3.05, 3.63) is 41.7 Å². The molecule has 2 aromatic rings. The largest absolute Gasteiger partial charge is 0.309 e. The van der Waals surface area contributed by atoms with Gasteiger partial charge in [0.25, 0.3) is 0 Å². The molecule has 0 unspecified atom stereocenters. The Morgan fingerprint density at radius 1 is 1.18 bits per heavy atom. The first-order valence-corrected chi connectivity index (χ1v) is 7.65. The number of aromatic nitrogens is 3. The van der Waals surface area contributed by atoms with Crippen LogP contribution in [0.25, 0.3) is 0 Å². The average Bonchev–Trinajstić information content (AvgIpc) is 2.85. The summed E-state index contributed by atoms with van der Waals surface area (Å²) < 4.78 is 1.86. The number of carbonyl (C=O) groups excluding carboxylic acids is 2. The predicted molar refractivity (Wildman–Crippen MR) is 82.9 cm³/mol. The molecule has 22 heavy (non-hydrogen) atoms. The summed E-state index contributed by atoms with van der Waals surface area (Å²) >= 11 is 1.26. The SMILES string of the molecule is CC(=O)NNC(=O)CSc1nnc(Cc2ccccc2)n1C. The van der Waals surface area contributed by atoms with Crippen LogP contribution in [0, 0.1) is 0 Å². The average molecular weight is 319 g/mol. The molecule has 0 saturated heterocycles. The first kappa shape index (κ1) is 16.0. The normalized spacial score (nSPS) is 10.3. The molecule has 2 amide bonds. The van der Waals surface area contributed by atoms with Crippen LogP contribution in [0.3, 0.4) is 0 Å². The van der Waals surface area contributed by atoms with Crippen LogP contribution >= 0.6 is 11.8 Å². The third-order valence-electron chi connectivity index (χ3n) is 2.84. The molecule has 1 aromatic carbocycles. The summed E-state index contributed by atoms with van der Waals surface area (Å²) in [6.07, 6.45) is 0.684. The van der Waals surface area contributed by atoms with E-state index in [2.05, 4.69) is 21.0 Å². The molecule has 7 nitrogen and oxygen atoms in total. The number of hydrazine groups is 1. The van der Waals surface area contributed by atoms with Crippen LogP contribution in [-0.2, 0) is 23.1 Å². The molecule has 0 aliphatic heterocycles. The molecule has 0 saturated carbocycles. The van der Waals surface area contributed by atoms with Gasteiger partial charge < -0.3 is 4.57 Å². The number of rotatable bonds is 5. The third kappa shape index (κ3) is 4.59. The molecule has 8 heteroatoms. The first-order valence-electron chi connectivity index (χ1n) is 6.66. The van der Waals surface area contributed by atoms with E-state index in [1.165, 1.54) is 18.7 Å². The molecule has 1 aromatic heterocycles. The second kappa shape index (κ2) is 7.60. The molecule has 0 aliphatic rings. The van der Waals surface area contributed by atoms with Gasteiger partial charge in [-0.25, -0.2) is 0 Å². The van der Waals surface area contributed by atoms with Gasteiger partial charge in [-0.2, -0.15) is 0 Å². The van der Waals surface area contributed by atoms with Crippen molar-refractivity contribution in [2.24, 2.45) is 7.05 Å². The van der Waals surface area contributed by atoms with Gasteiger partial charge in [0.15, 0.2) is 5.16 Å². The van der Waals surface area contributed by atoms with E-state index < -0.39 is 0 Å². The van der Waals surface area contributed by atoms with E-state index >= 15 is 0 Å². The highest BCUT2D eigenvalue weighted by Crippen LogP contribution is 2.16. The zero-order valence-electron chi connectivity index (χ0n) is 12.4. The Labute approximate surface area is 132 Å². The van der Waals surface area contributed by atoms with Gasteiger partial charge in [-0.05, 0) is 5.56 Å². The summed E-state index contributed by atoms with van der Waals surface area (Å²) in [7, 11) is 1.87. The summed E-state index contributed by atoms with van der Waals surface area (Å²) in [5.41, 5.74) is 5.69. The Balaban J connectivity index is 1.91. The van der Waals surface area contributed by atoms with Gasteiger partial charge >= 0.3 is 0 Å². The van der Waals surface area contributed by atoms with E-state index in [1.807, 2.05) is 41.9 Å². The summed E-state index contributed by atoms with van der Waals surface area (Å²) in [5.74, 6) is 0.364. The lowest BCUT2D eigenvalue weighted by Gasteiger charge is -2.05. The zero-order valence-corrected chi connectivity index (χ0v) is 13.2. The number of amides is 2. The number of carbonyl (C=O) groups is 2. The van der Waals surface area contributed by atoms with E-state index in [0.717, 1.165) is 11.4 Å². The Kier molecular flexibility index (Phi) is 5.54. The van der Waals surface area contributed by atoms with Gasteiger partial charge in [-0.15, -0.1) is 10.2 Å². The summed E-state index contributed by atoms with van der Waals surface area (Å²) in [6.45, 7) is 1.33. The summed E-state index contributed by atoms with van der Waals surface area (Å²) in [4.78, 5) is 22.2. The Hall–Kier alpha value is -2.35. The minimum atomic E-state index is -0.317. The van der Waals surface area contributed by atoms with Crippen LogP contribution < -0.4 is 10.9 Å². The van der Waals surface area contributed by atoms with Crippen molar-refractivity contribution in [3.63, 3.8) is 0 Å². The number of benzene rings is 1. The number of nitrogens with zero attached hydrogens (tertiary/aromatic N) is 3. The highest BCUT2D eigenvalue weighted by Gasteiger charge is 2.11. The highest BCUT2D eigenvalue weighted by molar-refractivity contribution is 7.99. The molecule has 0 bridgehead atoms. The van der Waals surface area contributed by atoms with Crippen molar-refractivity contribution in [2.45, 2.75) is 18.5 Å². The molecule has 0 atom stereocenters. The van der Waals surface area contributed by atoms with Gasteiger partial charge in [0.05, 0.1) is 5.75 Å². The van der Waals surface area contributed by atoms with E-state index in [-0.39, 0.29) is 17.6 Å². The molecule has 116 valence electrons. The highest BCUT2D eigenvalue weighted by atomic mass is 32.2. The quantitative estimate of drug-likeness (QED) is 0.624. The van der Waals surface area contributed by atoms with Crippen LogP contribution in [0.5, 0.6) is 0 Å². The zero-order chi connectivity index (χ0) is 15.9. The second-order valence-corrected chi connectivity index (χ2v) is 5.58. The first-order chi connectivity index (χ1) is 10.6. The van der Waals surface area contributed by atoms with Crippen molar-refractivity contribution in [2.75, 3.05) is 5.75 Å². The lowest BCUT2D eigenvalue weighted by atomic mass is 10.1. The van der Waals surface area contributed by atoms with E-state index in [1.54, 1.807) is 0 Å². The topological polar surface area (TPSA) is 88.9 Å². The molecular weight excluding hydrogens is 302 g/mol. The Morgan fingerprint density at radius 3 is 2.59 bits per heavy atom. The van der Waals surface area contributed by atoms with Crippen molar-refractivity contribution < 1.29 is 9.59 Å². The number of hydrogen-bond acceptors (Lipinski definition) is 5. The number of thioether (sulfide) groups is 1. The summed E-state index contributed by atoms with van der Waals surface area (Å²) in [6, 6.07) is 9.99. The second-order valence-electron chi connectivity index (χ2n) is 4.64. The van der Waals surface area contributed by atoms with Crippen molar-refractivity contribution >= 4 is 23.6 Å². The molecular formula is C14H17N5O2S. The monoisotopic (exact) mass is 319 g/mol. The fourth-order valence-electron chi connectivity index (χ4n) is 1.73. The van der Waals surface area contributed by atoms with E-state index in [0.29, 0.717) is 11.6 Å². The van der Waals surface area contributed by atoms with Crippen LogP contribution in [0.1, 0.15) is 18.3 Å². The smallest absolute Gasteiger partial charge is 0.248 e. The van der Waals surface area contributed by atoms with Crippen LogP contribution in [0.2, 0.25) is 0 Å². The van der Waals surface area contributed by atoms with E-state index in [4.69, 9.17) is 0 Å². The van der Waals surface area contributed by atoms with Gasteiger partial charge in [0.1, 0.15) is 5.82 Å². The van der Waals surface area contributed by atoms with Gasteiger partial charge in [-0.3, -0.25) is 20.4 Å². The minimum absolute atomic E-state index is 0.150. The Bertz CT molecular complexity index is 657. The van der Waals surface area contributed by atoms with E-state index in [9.17, 15) is 9.59 Å². The van der Waals surface area contributed by atoms with Gasteiger partial charge in [0, 0.05) is 20.4 Å². The Morgan fingerprint density at radius 2 is 1.91 bits per heavy atom. The lowest BCUT2D eigenvalue weighted by Crippen LogP contribution is -2.41. The van der Waals surface area contributed by atoms with Crippen LogP contribution in [-0.4, -0.2) is 32.3 Å². The molecule has 2 rings (SSSR count). The van der Waals surface area contributed by atoms with Crippen molar-refractivity contribution in [1.82, 2.24) is 25.6 Å². The molecule has 0 radical (unpaired) electrons. The third-order valence-corrected chi connectivity index (χ3v) is 3.86. The molecule has 0 aliphatic carbocycles. The minimum Gasteiger partial charge on any atom is -0.309 e. The lowest BCUT2D eigenvalue weighted by molar-refractivity contribution is -0.126. The molecule has 0 spiro atoms. The molecule has 1 heterocycles. The van der Waals surface area contributed by atoms with Crippen molar-refractivity contribution in [1.29, 1.82) is 0 Å². The molecule has 0 fully saturated rings. The maximum absolute atomic E-state index is 11.5. The predicted octanol–water partition coefficient (Wildman–Crippen LogP) is 0.665. The maximum atomic E-state index is 11.5. The number of hydrogen-bond donors (Lipinski definition) is 2.